The van der Waals surface area contributed by atoms with Crippen molar-refractivity contribution >= 4 is 7.60 Å². The van der Waals surface area contributed by atoms with Gasteiger partial charge in [0.25, 0.3) is 0 Å². The van der Waals surface area contributed by atoms with Crippen molar-refractivity contribution in [1.29, 1.82) is 0 Å². The molecule has 0 aliphatic heterocycles. The largest absolute Gasteiger partial charge is 0.395 e. The molecule has 0 saturated carbocycles. The van der Waals surface area contributed by atoms with Crippen molar-refractivity contribution in [2.75, 3.05) is 12.8 Å². The average Bonchev–Trinajstić information content (AvgIpc) is 1.81. The quantitative estimate of drug-likeness (QED) is 0.399. The van der Waals surface area contributed by atoms with Gasteiger partial charge in [0, 0.05) is 6.04 Å². The molecule has 0 amide bonds. The highest BCUT2D eigenvalue weighted by Crippen LogP contribution is 2.34. The fourth-order valence-corrected chi connectivity index (χ4v) is 1.09. The van der Waals surface area contributed by atoms with Gasteiger partial charge in [-0.05, 0) is 6.42 Å². The molecule has 5 nitrogen and oxygen atoms in total. The van der Waals surface area contributed by atoms with Crippen molar-refractivity contribution in [1.82, 2.24) is 0 Å². The first-order valence-corrected chi connectivity index (χ1v) is 4.66. The molecule has 0 aliphatic carbocycles. The summed E-state index contributed by atoms with van der Waals surface area (Å²) in [6, 6.07) is -0.521. The van der Waals surface area contributed by atoms with Crippen LogP contribution >= 0.6 is 7.60 Å². The third-order valence-electron chi connectivity index (χ3n) is 1.03. The first-order valence-electron chi connectivity index (χ1n) is 2.86. The van der Waals surface area contributed by atoms with Crippen LogP contribution < -0.4 is 5.73 Å². The Hall–Kier alpha value is 0.0700. The van der Waals surface area contributed by atoms with E-state index in [2.05, 4.69) is 0 Å². The average molecular weight is 169 g/mol. The molecule has 0 spiro atoms. The van der Waals surface area contributed by atoms with Gasteiger partial charge in [0.05, 0.1) is 12.8 Å². The lowest BCUT2D eigenvalue weighted by molar-refractivity contribution is 0.261. The highest BCUT2D eigenvalue weighted by Gasteiger charge is 2.14. The molecule has 1 atom stereocenters. The Labute approximate surface area is 59.0 Å². The van der Waals surface area contributed by atoms with E-state index in [0.717, 1.165) is 0 Å². The molecule has 62 valence electrons. The minimum atomic E-state index is -3.92. The molecule has 0 saturated heterocycles. The van der Waals surface area contributed by atoms with Crippen LogP contribution in [0.15, 0.2) is 0 Å². The monoisotopic (exact) mass is 169 g/mol. The molecule has 0 fully saturated rings. The highest BCUT2D eigenvalue weighted by atomic mass is 31.2. The third-order valence-corrected chi connectivity index (χ3v) is 1.87. The van der Waals surface area contributed by atoms with Crippen LogP contribution in [0, 0.1) is 0 Å². The van der Waals surface area contributed by atoms with E-state index in [0.29, 0.717) is 0 Å². The normalized spacial score (nSPS) is 15.2. The maximum absolute atomic E-state index is 10.2. The zero-order chi connectivity index (χ0) is 8.20. The Bertz CT molecular complexity index is 133. The maximum Gasteiger partial charge on any atom is 0.325 e. The van der Waals surface area contributed by atoms with Crippen molar-refractivity contribution in [3.05, 3.63) is 0 Å². The smallest absolute Gasteiger partial charge is 0.325 e. The van der Waals surface area contributed by atoms with Crippen LogP contribution in [0.3, 0.4) is 0 Å². The van der Waals surface area contributed by atoms with Crippen molar-refractivity contribution < 1.29 is 19.5 Å². The zero-order valence-corrected chi connectivity index (χ0v) is 6.37. The van der Waals surface area contributed by atoms with Crippen LogP contribution in [0.5, 0.6) is 0 Å². The molecule has 0 aliphatic rings. The minimum Gasteiger partial charge on any atom is -0.395 e. The summed E-state index contributed by atoms with van der Waals surface area (Å²) in [5.41, 5.74) is 5.19. The van der Waals surface area contributed by atoms with Gasteiger partial charge in [-0.3, -0.25) is 4.57 Å². The van der Waals surface area contributed by atoms with Gasteiger partial charge in [-0.15, -0.1) is 0 Å². The molecule has 10 heavy (non-hydrogen) atoms. The molecule has 1 unspecified atom stereocenters. The van der Waals surface area contributed by atoms with Gasteiger partial charge in [-0.2, -0.15) is 0 Å². The fraction of sp³-hybridized carbons (Fsp3) is 1.00. The van der Waals surface area contributed by atoms with Crippen molar-refractivity contribution in [3.63, 3.8) is 0 Å². The standard InChI is InChI=1S/C4H12NO4P/c5-4(3-6)1-2-10(7,8)9/h4,6H,1-3,5H2,(H2,7,8,9). The molecule has 0 aromatic rings. The SMILES string of the molecule is NC(CO)CCP(=O)(O)O. The molecule has 0 rings (SSSR count). The number of hydrogen-bond acceptors (Lipinski definition) is 3. The molecule has 6 heteroatoms. The van der Waals surface area contributed by atoms with E-state index >= 15 is 0 Å². The van der Waals surface area contributed by atoms with Crippen molar-refractivity contribution in [3.8, 4) is 0 Å². The van der Waals surface area contributed by atoms with E-state index in [9.17, 15) is 4.57 Å². The van der Waals surface area contributed by atoms with E-state index < -0.39 is 13.6 Å². The van der Waals surface area contributed by atoms with Crippen LogP contribution in [-0.2, 0) is 4.57 Å². The van der Waals surface area contributed by atoms with Gasteiger partial charge in [-0.1, -0.05) is 0 Å². The summed E-state index contributed by atoms with van der Waals surface area (Å²) in [5.74, 6) is 0. The minimum absolute atomic E-state index is 0.154. The second kappa shape index (κ2) is 4.05. The summed E-state index contributed by atoms with van der Waals surface area (Å²) in [6.07, 6.45) is -0.102. The number of rotatable bonds is 4. The zero-order valence-electron chi connectivity index (χ0n) is 5.47. The molecular formula is C4H12NO4P. The molecular weight excluding hydrogens is 157 g/mol. The third kappa shape index (κ3) is 6.19. The van der Waals surface area contributed by atoms with Gasteiger partial charge in [-0.25, -0.2) is 0 Å². The Kier molecular flexibility index (Phi) is 4.08. The Morgan fingerprint density at radius 1 is 1.50 bits per heavy atom. The molecule has 5 N–H and O–H groups in total. The Balaban J connectivity index is 3.46. The Morgan fingerprint density at radius 3 is 2.30 bits per heavy atom. The summed E-state index contributed by atoms with van der Waals surface area (Å²) in [4.78, 5) is 16.7. The number of aliphatic hydroxyl groups excluding tert-OH is 1. The molecule has 0 aromatic carbocycles. The van der Waals surface area contributed by atoms with Crippen LogP contribution in [0.4, 0.5) is 0 Å². The van der Waals surface area contributed by atoms with Gasteiger partial charge in [0.1, 0.15) is 0 Å². The predicted octanol–water partition coefficient (Wildman–Crippen LogP) is -1.13. The molecule has 0 aromatic heterocycles. The van der Waals surface area contributed by atoms with Crippen LogP contribution in [-0.4, -0.2) is 33.7 Å². The van der Waals surface area contributed by atoms with Crippen LogP contribution in [0.2, 0.25) is 0 Å². The summed E-state index contributed by atoms with van der Waals surface area (Å²) in [7, 11) is -3.92. The topological polar surface area (TPSA) is 104 Å². The first kappa shape index (κ1) is 10.1. The van der Waals surface area contributed by atoms with Gasteiger partial charge in [0.15, 0.2) is 0 Å². The van der Waals surface area contributed by atoms with E-state index in [1.807, 2.05) is 0 Å². The van der Waals surface area contributed by atoms with Gasteiger partial charge in [0.2, 0.25) is 0 Å². The number of nitrogens with two attached hydrogens (primary N) is 1. The first-order chi connectivity index (χ1) is 4.45. The van der Waals surface area contributed by atoms with Crippen molar-refractivity contribution in [2.45, 2.75) is 12.5 Å². The van der Waals surface area contributed by atoms with Gasteiger partial charge < -0.3 is 20.6 Å². The summed E-state index contributed by atoms with van der Waals surface area (Å²) >= 11 is 0. The highest BCUT2D eigenvalue weighted by molar-refractivity contribution is 7.51. The van der Waals surface area contributed by atoms with E-state index in [-0.39, 0.29) is 19.2 Å². The molecule has 0 heterocycles. The fourth-order valence-electron chi connectivity index (χ4n) is 0.425. The van der Waals surface area contributed by atoms with Gasteiger partial charge >= 0.3 is 7.60 Å². The molecule has 0 radical (unpaired) electrons. The second-order valence-electron chi connectivity index (χ2n) is 2.12. The lowest BCUT2D eigenvalue weighted by atomic mass is 10.3. The van der Waals surface area contributed by atoms with Crippen molar-refractivity contribution in [2.24, 2.45) is 5.73 Å². The van der Waals surface area contributed by atoms with E-state index in [1.165, 1.54) is 0 Å². The van der Waals surface area contributed by atoms with Crippen LogP contribution in [0.25, 0.3) is 0 Å². The second-order valence-corrected chi connectivity index (χ2v) is 3.90. The summed E-state index contributed by atoms with van der Waals surface area (Å²) < 4.78 is 10.2. The lowest BCUT2D eigenvalue weighted by Crippen LogP contribution is -2.25. The maximum atomic E-state index is 10.2. The lowest BCUT2D eigenvalue weighted by Gasteiger charge is -2.07. The summed E-state index contributed by atoms with van der Waals surface area (Å²) in [6.45, 7) is -0.236. The molecule has 0 bridgehead atoms. The van der Waals surface area contributed by atoms with Crippen LogP contribution in [0.1, 0.15) is 6.42 Å². The number of hydrogen-bond donors (Lipinski definition) is 4. The summed E-state index contributed by atoms with van der Waals surface area (Å²) in [5, 5.41) is 8.35. The van der Waals surface area contributed by atoms with E-state index in [1.54, 1.807) is 0 Å². The Morgan fingerprint density at radius 2 is 2.00 bits per heavy atom. The number of aliphatic hydroxyl groups is 1. The van der Waals surface area contributed by atoms with E-state index in [4.69, 9.17) is 20.6 Å². The predicted molar refractivity (Wildman–Crippen MR) is 36.6 cm³/mol.